The van der Waals surface area contributed by atoms with Crippen LogP contribution in [0.5, 0.6) is 0 Å². The number of aryl methyl sites for hydroxylation is 1. The summed E-state index contributed by atoms with van der Waals surface area (Å²) in [6.07, 6.45) is 2.14. The Labute approximate surface area is 143 Å². The van der Waals surface area contributed by atoms with Crippen molar-refractivity contribution in [1.29, 1.82) is 0 Å². The first-order valence-electron chi connectivity index (χ1n) is 8.43. The van der Waals surface area contributed by atoms with Crippen LogP contribution in [0.4, 0.5) is 0 Å². The molecule has 1 aliphatic rings. The van der Waals surface area contributed by atoms with Crippen LogP contribution in [0.3, 0.4) is 0 Å². The molecule has 24 heavy (non-hydrogen) atoms. The van der Waals surface area contributed by atoms with Gasteiger partial charge < -0.3 is 14.2 Å². The van der Waals surface area contributed by atoms with Gasteiger partial charge in [-0.25, -0.2) is 4.99 Å². The molecule has 0 unspecified atom stereocenters. The summed E-state index contributed by atoms with van der Waals surface area (Å²) in [5.74, 6) is -0.238. The van der Waals surface area contributed by atoms with Gasteiger partial charge >= 0.3 is 0 Å². The number of carbonyl (C=O) groups excluding carboxylic acids is 1. The minimum atomic E-state index is -0.238. The molecular weight excluding hydrogens is 308 g/mol. The van der Waals surface area contributed by atoms with Gasteiger partial charge in [0.1, 0.15) is 6.61 Å². The second kappa shape index (κ2) is 10.1. The number of ether oxygens (including phenoxy) is 3. The first-order valence-corrected chi connectivity index (χ1v) is 8.43. The molecule has 1 N–H and O–H groups in total. The fourth-order valence-electron chi connectivity index (χ4n) is 2.31. The van der Waals surface area contributed by atoms with E-state index in [1.807, 2.05) is 26.0 Å². The summed E-state index contributed by atoms with van der Waals surface area (Å²) in [7, 11) is 0. The van der Waals surface area contributed by atoms with Crippen LogP contribution in [0, 0.1) is 6.92 Å². The Morgan fingerprint density at radius 3 is 2.79 bits per heavy atom. The maximum Gasteiger partial charge on any atom is 0.291 e. The maximum atomic E-state index is 12.3. The van der Waals surface area contributed by atoms with Crippen LogP contribution in [0.15, 0.2) is 29.3 Å². The fourth-order valence-corrected chi connectivity index (χ4v) is 2.31. The highest BCUT2D eigenvalue weighted by atomic mass is 16.5. The zero-order valence-electron chi connectivity index (χ0n) is 14.4. The van der Waals surface area contributed by atoms with Crippen molar-refractivity contribution in [3.8, 4) is 0 Å². The van der Waals surface area contributed by atoms with Crippen molar-refractivity contribution in [2.45, 2.75) is 32.8 Å². The Kier molecular flexibility index (Phi) is 7.71. The highest BCUT2D eigenvalue weighted by Crippen LogP contribution is 2.12. The third-order valence-corrected chi connectivity index (χ3v) is 3.67. The van der Waals surface area contributed by atoms with E-state index in [4.69, 9.17) is 14.2 Å². The molecule has 132 valence electrons. The molecule has 1 heterocycles. The molecule has 0 saturated carbocycles. The molecule has 0 aliphatic carbocycles. The predicted molar refractivity (Wildman–Crippen MR) is 92.4 cm³/mol. The van der Waals surface area contributed by atoms with Crippen molar-refractivity contribution in [3.63, 3.8) is 0 Å². The van der Waals surface area contributed by atoms with Crippen molar-refractivity contribution < 1.29 is 19.0 Å². The Hall–Kier alpha value is -1.92. The molecule has 1 aromatic carbocycles. The van der Waals surface area contributed by atoms with Gasteiger partial charge in [-0.05, 0) is 38.8 Å². The Balaban J connectivity index is 1.93. The largest absolute Gasteiger partial charge is 0.463 e. The van der Waals surface area contributed by atoms with E-state index in [1.54, 1.807) is 12.1 Å². The lowest BCUT2D eigenvalue weighted by molar-refractivity contribution is 0.0913. The van der Waals surface area contributed by atoms with E-state index >= 15 is 0 Å². The lowest BCUT2D eigenvalue weighted by atomic mass is 10.1. The summed E-state index contributed by atoms with van der Waals surface area (Å²) in [5.41, 5.74) is 1.67. The van der Waals surface area contributed by atoms with Crippen LogP contribution in [0.25, 0.3) is 0 Å². The van der Waals surface area contributed by atoms with Crippen molar-refractivity contribution in [2.75, 3.05) is 33.0 Å². The minimum absolute atomic E-state index is 0.103. The highest BCUT2D eigenvalue weighted by molar-refractivity contribution is 6.04. The average Bonchev–Trinajstić information content (AvgIpc) is 3.10. The first-order chi connectivity index (χ1) is 11.7. The monoisotopic (exact) mass is 334 g/mol. The number of hydrogen-bond donors (Lipinski definition) is 1. The Morgan fingerprint density at radius 2 is 2.12 bits per heavy atom. The Morgan fingerprint density at radius 1 is 1.33 bits per heavy atom. The number of amidine groups is 1. The summed E-state index contributed by atoms with van der Waals surface area (Å²) in [6.45, 7) is 6.58. The van der Waals surface area contributed by atoms with Crippen molar-refractivity contribution >= 4 is 11.9 Å². The van der Waals surface area contributed by atoms with E-state index < -0.39 is 0 Å². The molecule has 1 aliphatic heterocycles. The van der Waals surface area contributed by atoms with Gasteiger partial charge in [0, 0.05) is 18.8 Å². The lowest BCUT2D eigenvalue weighted by Gasteiger charge is -2.12. The smallest absolute Gasteiger partial charge is 0.291 e. The van der Waals surface area contributed by atoms with E-state index in [-0.39, 0.29) is 18.0 Å². The maximum absolute atomic E-state index is 12.3. The van der Waals surface area contributed by atoms with Crippen LogP contribution in [0.2, 0.25) is 0 Å². The van der Waals surface area contributed by atoms with Gasteiger partial charge in [0.05, 0.1) is 19.3 Å². The quantitative estimate of drug-likeness (QED) is 0.472. The third kappa shape index (κ3) is 6.29. The van der Waals surface area contributed by atoms with Crippen molar-refractivity contribution in [3.05, 3.63) is 35.4 Å². The van der Waals surface area contributed by atoms with Crippen molar-refractivity contribution in [1.82, 2.24) is 5.32 Å². The van der Waals surface area contributed by atoms with Crippen LogP contribution < -0.4 is 5.32 Å². The van der Waals surface area contributed by atoms with Gasteiger partial charge in [0.15, 0.2) is 0 Å². The molecule has 0 spiro atoms. The van der Waals surface area contributed by atoms with Gasteiger partial charge in [0.2, 0.25) is 0 Å². The number of hydrogen-bond acceptors (Lipinski definition) is 5. The predicted octanol–water partition coefficient (Wildman–Crippen LogP) is 2.31. The number of rotatable bonds is 7. The number of carbonyl (C=O) groups is 1. The second-order valence-corrected chi connectivity index (χ2v) is 5.65. The SMILES string of the molecule is CCOCCOC(=NC[C@H]1CCCO1)NC(=O)c1ccc(C)cc1. The van der Waals surface area contributed by atoms with Crippen LogP contribution in [-0.4, -0.2) is 51.0 Å². The minimum Gasteiger partial charge on any atom is -0.463 e. The van der Waals surface area contributed by atoms with Gasteiger partial charge in [0.25, 0.3) is 11.9 Å². The molecule has 1 atom stereocenters. The van der Waals surface area contributed by atoms with Gasteiger partial charge in [-0.1, -0.05) is 17.7 Å². The summed E-state index contributed by atoms with van der Waals surface area (Å²) in [5, 5.41) is 2.73. The topological polar surface area (TPSA) is 69.2 Å². The fraction of sp³-hybridized carbons (Fsp3) is 0.556. The summed E-state index contributed by atoms with van der Waals surface area (Å²) < 4.78 is 16.4. The highest BCUT2D eigenvalue weighted by Gasteiger charge is 2.16. The Bertz CT molecular complexity index is 536. The molecule has 1 saturated heterocycles. The molecule has 2 rings (SSSR count). The molecule has 1 fully saturated rings. The van der Waals surface area contributed by atoms with Gasteiger partial charge in [-0.3, -0.25) is 10.1 Å². The number of nitrogens with zero attached hydrogens (tertiary/aromatic N) is 1. The van der Waals surface area contributed by atoms with E-state index in [1.165, 1.54) is 0 Å². The molecule has 0 bridgehead atoms. The van der Waals surface area contributed by atoms with Gasteiger partial charge in [-0.2, -0.15) is 0 Å². The molecule has 0 aromatic heterocycles. The van der Waals surface area contributed by atoms with Crippen LogP contribution in [0.1, 0.15) is 35.7 Å². The zero-order chi connectivity index (χ0) is 17.2. The molecule has 0 radical (unpaired) electrons. The lowest BCUT2D eigenvalue weighted by Crippen LogP contribution is -2.34. The van der Waals surface area contributed by atoms with Gasteiger partial charge in [-0.15, -0.1) is 0 Å². The standard InChI is InChI=1S/C18H26N2O4/c1-3-22-11-12-24-18(19-13-16-5-4-10-23-16)20-17(21)15-8-6-14(2)7-9-15/h6-9,16H,3-5,10-13H2,1-2H3,(H,19,20,21)/t16-/m1/s1. The summed E-state index contributed by atoms with van der Waals surface area (Å²) in [4.78, 5) is 16.7. The number of nitrogens with one attached hydrogen (secondary N) is 1. The number of aliphatic imine (C=N–C) groups is 1. The van der Waals surface area contributed by atoms with Crippen molar-refractivity contribution in [2.24, 2.45) is 4.99 Å². The van der Waals surface area contributed by atoms with E-state index in [0.717, 1.165) is 25.0 Å². The summed E-state index contributed by atoms with van der Waals surface area (Å²) in [6, 6.07) is 7.57. The molecule has 6 nitrogen and oxygen atoms in total. The van der Waals surface area contributed by atoms with E-state index in [0.29, 0.717) is 31.9 Å². The molecule has 6 heteroatoms. The number of amides is 1. The molecular formula is C18H26N2O4. The van der Waals surface area contributed by atoms with E-state index in [2.05, 4.69) is 10.3 Å². The van der Waals surface area contributed by atoms with Crippen LogP contribution >= 0.6 is 0 Å². The summed E-state index contributed by atoms with van der Waals surface area (Å²) >= 11 is 0. The zero-order valence-corrected chi connectivity index (χ0v) is 14.4. The van der Waals surface area contributed by atoms with Crippen LogP contribution in [-0.2, 0) is 14.2 Å². The average molecular weight is 334 g/mol. The first kappa shape index (κ1) is 18.4. The second-order valence-electron chi connectivity index (χ2n) is 5.65. The normalized spacial score (nSPS) is 17.8. The third-order valence-electron chi connectivity index (χ3n) is 3.67. The van der Waals surface area contributed by atoms with E-state index in [9.17, 15) is 4.79 Å². The molecule has 1 amide bonds. The molecule has 1 aromatic rings. The number of benzene rings is 1.